The molecule has 0 saturated heterocycles. The number of esters is 2. The highest BCUT2D eigenvalue weighted by molar-refractivity contribution is 5.82. The molecule has 0 spiro atoms. The van der Waals surface area contributed by atoms with E-state index in [9.17, 15) is 14.0 Å². The molecule has 0 saturated carbocycles. The first-order chi connectivity index (χ1) is 8.38. The summed E-state index contributed by atoms with van der Waals surface area (Å²) in [7, 11) is 1.12. The number of hydrogen-bond donors (Lipinski definition) is 0. The first kappa shape index (κ1) is 17.9. The van der Waals surface area contributed by atoms with Crippen LogP contribution in [0.5, 0.6) is 0 Å². The van der Waals surface area contributed by atoms with Crippen molar-refractivity contribution in [3.05, 3.63) is 0 Å². The van der Waals surface area contributed by atoms with Crippen LogP contribution in [0.2, 0.25) is 0 Å². The summed E-state index contributed by atoms with van der Waals surface area (Å²) >= 11 is 0. The number of carbonyl (C=O) groups excluding carboxylic acids is 2. The highest BCUT2D eigenvalue weighted by Crippen LogP contribution is 2.36. The number of ether oxygens (including phenoxy) is 2. The monoisotopic (exact) mass is 276 g/mol. The Hall–Kier alpha value is -1.13. The molecular formula is C14H25FO4. The predicted molar refractivity (Wildman–Crippen MR) is 70.4 cm³/mol. The van der Waals surface area contributed by atoms with Gasteiger partial charge in [0.2, 0.25) is 5.67 Å². The smallest absolute Gasteiger partial charge is 0.343 e. The second kappa shape index (κ2) is 5.88. The van der Waals surface area contributed by atoms with E-state index < -0.39 is 28.6 Å². The van der Waals surface area contributed by atoms with Crippen molar-refractivity contribution in [1.82, 2.24) is 0 Å². The highest BCUT2D eigenvalue weighted by atomic mass is 19.1. The number of rotatable bonds is 5. The molecule has 0 bridgehead atoms. The first-order valence-electron chi connectivity index (χ1n) is 6.39. The van der Waals surface area contributed by atoms with Gasteiger partial charge in [-0.1, -0.05) is 6.92 Å². The topological polar surface area (TPSA) is 52.6 Å². The minimum absolute atomic E-state index is 0.266. The van der Waals surface area contributed by atoms with Crippen molar-refractivity contribution in [3.63, 3.8) is 0 Å². The molecule has 0 fully saturated rings. The third-order valence-corrected chi connectivity index (χ3v) is 3.01. The minimum atomic E-state index is -2.21. The van der Waals surface area contributed by atoms with Crippen molar-refractivity contribution < 1.29 is 23.5 Å². The van der Waals surface area contributed by atoms with Gasteiger partial charge in [-0.15, -0.1) is 0 Å². The van der Waals surface area contributed by atoms with Gasteiger partial charge in [0.25, 0.3) is 0 Å². The number of carbonyl (C=O) groups is 2. The molecule has 19 heavy (non-hydrogen) atoms. The largest absolute Gasteiger partial charge is 0.467 e. The van der Waals surface area contributed by atoms with Crippen molar-refractivity contribution >= 4 is 11.9 Å². The highest BCUT2D eigenvalue weighted by Gasteiger charge is 2.46. The normalized spacial score (nSPS) is 18.1. The van der Waals surface area contributed by atoms with E-state index in [0.29, 0.717) is 6.42 Å². The molecule has 0 amide bonds. The second-order valence-electron chi connectivity index (χ2n) is 6.28. The predicted octanol–water partition coefficient (Wildman–Crippen LogP) is 3.04. The van der Waals surface area contributed by atoms with Crippen LogP contribution in [0.3, 0.4) is 0 Å². The molecule has 5 heteroatoms. The maximum atomic E-state index is 14.3. The number of methoxy groups -OCH3 is 1. The summed E-state index contributed by atoms with van der Waals surface area (Å²) in [5.74, 6) is -1.48. The van der Waals surface area contributed by atoms with E-state index in [4.69, 9.17) is 4.74 Å². The molecule has 112 valence electrons. The molecule has 0 heterocycles. The van der Waals surface area contributed by atoms with Crippen LogP contribution in [-0.2, 0) is 19.1 Å². The maximum absolute atomic E-state index is 14.3. The molecular weight excluding hydrogens is 251 g/mol. The lowest BCUT2D eigenvalue weighted by atomic mass is 9.78. The van der Waals surface area contributed by atoms with E-state index in [0.717, 1.165) is 14.0 Å². The number of alkyl halides is 1. The molecule has 0 aromatic heterocycles. The molecule has 0 aliphatic rings. The van der Waals surface area contributed by atoms with Crippen LogP contribution in [-0.4, -0.2) is 30.3 Å². The molecule has 4 nitrogen and oxygen atoms in total. The molecule has 0 N–H and O–H groups in total. The Morgan fingerprint density at radius 3 is 1.84 bits per heavy atom. The minimum Gasteiger partial charge on any atom is -0.467 e. The fourth-order valence-corrected chi connectivity index (χ4v) is 1.76. The maximum Gasteiger partial charge on any atom is 0.343 e. The van der Waals surface area contributed by atoms with Gasteiger partial charge >= 0.3 is 11.9 Å². The fraction of sp³-hybridized carbons (Fsp3) is 0.857. The van der Waals surface area contributed by atoms with Crippen LogP contribution in [0.4, 0.5) is 4.39 Å². The van der Waals surface area contributed by atoms with E-state index in [1.54, 1.807) is 34.6 Å². The van der Waals surface area contributed by atoms with Gasteiger partial charge in [-0.05, 0) is 41.0 Å². The molecule has 0 aromatic carbocycles. The summed E-state index contributed by atoms with van der Waals surface area (Å²) in [5.41, 5.74) is -3.92. The van der Waals surface area contributed by atoms with Crippen LogP contribution in [0.15, 0.2) is 0 Å². The Balaban J connectivity index is 5.08. The zero-order chi connectivity index (χ0) is 15.5. The summed E-state index contributed by atoms with van der Waals surface area (Å²) in [5, 5.41) is 0. The lowest BCUT2D eigenvalue weighted by Gasteiger charge is -2.33. The summed E-state index contributed by atoms with van der Waals surface area (Å²) in [6.45, 7) is 9.72. The van der Waals surface area contributed by atoms with Crippen molar-refractivity contribution in [2.45, 2.75) is 65.7 Å². The average molecular weight is 276 g/mol. The van der Waals surface area contributed by atoms with Gasteiger partial charge in [-0.2, -0.15) is 0 Å². The first-order valence-corrected chi connectivity index (χ1v) is 6.39. The van der Waals surface area contributed by atoms with Gasteiger partial charge in [0.05, 0.1) is 12.5 Å². The van der Waals surface area contributed by atoms with Crippen molar-refractivity contribution in [2.75, 3.05) is 7.11 Å². The Bertz CT molecular complexity index is 344. The second-order valence-corrected chi connectivity index (χ2v) is 6.28. The zero-order valence-corrected chi connectivity index (χ0v) is 12.9. The van der Waals surface area contributed by atoms with E-state index in [2.05, 4.69) is 4.74 Å². The van der Waals surface area contributed by atoms with Gasteiger partial charge < -0.3 is 9.47 Å². The van der Waals surface area contributed by atoms with Crippen molar-refractivity contribution in [1.29, 1.82) is 0 Å². The summed E-state index contributed by atoms with van der Waals surface area (Å²) in [4.78, 5) is 23.5. The molecule has 0 radical (unpaired) electrons. The standard InChI is InChI=1S/C14H25FO4/c1-8-13(5,10(16)19-12(2,3)4)9-14(6,15)11(17)18-7/h8-9H2,1-7H3. The average Bonchev–Trinajstić information content (AvgIpc) is 2.24. The van der Waals surface area contributed by atoms with E-state index in [-0.39, 0.29) is 6.42 Å². The van der Waals surface area contributed by atoms with Crippen LogP contribution in [0.25, 0.3) is 0 Å². The van der Waals surface area contributed by atoms with Gasteiger partial charge in [0.1, 0.15) is 5.60 Å². The molecule has 0 aliphatic carbocycles. The van der Waals surface area contributed by atoms with E-state index >= 15 is 0 Å². The van der Waals surface area contributed by atoms with Gasteiger partial charge in [0, 0.05) is 6.42 Å². The molecule has 2 unspecified atom stereocenters. The molecule has 2 atom stereocenters. The summed E-state index contributed by atoms with van der Waals surface area (Å²) in [6.07, 6.45) is 0.108. The van der Waals surface area contributed by atoms with Crippen LogP contribution < -0.4 is 0 Å². The lowest BCUT2D eigenvalue weighted by molar-refractivity contribution is -0.172. The fourth-order valence-electron chi connectivity index (χ4n) is 1.76. The van der Waals surface area contributed by atoms with Crippen molar-refractivity contribution in [3.8, 4) is 0 Å². The Labute approximate surface area is 114 Å². The van der Waals surface area contributed by atoms with Gasteiger partial charge in [-0.25, -0.2) is 9.18 Å². The lowest BCUT2D eigenvalue weighted by Crippen LogP contribution is -2.43. The van der Waals surface area contributed by atoms with E-state index in [1.165, 1.54) is 0 Å². The Morgan fingerprint density at radius 1 is 1.05 bits per heavy atom. The zero-order valence-electron chi connectivity index (χ0n) is 12.9. The SMILES string of the molecule is CCC(C)(CC(C)(F)C(=O)OC)C(=O)OC(C)(C)C. The molecule has 0 aliphatic heterocycles. The third kappa shape index (κ3) is 5.17. The summed E-state index contributed by atoms with van der Waals surface area (Å²) < 4.78 is 24.0. The van der Waals surface area contributed by atoms with Crippen LogP contribution in [0, 0.1) is 5.41 Å². The summed E-state index contributed by atoms with van der Waals surface area (Å²) in [6, 6.07) is 0. The van der Waals surface area contributed by atoms with Crippen molar-refractivity contribution in [2.24, 2.45) is 5.41 Å². The van der Waals surface area contributed by atoms with E-state index in [1.807, 2.05) is 0 Å². The van der Waals surface area contributed by atoms with Crippen LogP contribution >= 0.6 is 0 Å². The number of hydrogen-bond acceptors (Lipinski definition) is 4. The Morgan fingerprint density at radius 2 is 1.53 bits per heavy atom. The Kier molecular flexibility index (Phi) is 5.53. The number of halogens is 1. The quantitative estimate of drug-likeness (QED) is 0.724. The molecule has 0 rings (SSSR count). The van der Waals surface area contributed by atoms with Crippen LogP contribution in [0.1, 0.15) is 54.4 Å². The molecule has 0 aromatic rings. The third-order valence-electron chi connectivity index (χ3n) is 3.01. The van der Waals surface area contributed by atoms with Gasteiger partial charge in [0.15, 0.2) is 0 Å². The van der Waals surface area contributed by atoms with Gasteiger partial charge in [-0.3, -0.25) is 4.79 Å².